The molecule has 84 valence electrons. The minimum atomic E-state index is -0.823. The van der Waals surface area contributed by atoms with Gasteiger partial charge in [0.1, 0.15) is 0 Å². The Balaban J connectivity index is 2.30. The fraction of sp³-hybridized carbons (Fsp3) is 0.600. The Kier molecular flexibility index (Phi) is 4.15. The van der Waals surface area contributed by atoms with Gasteiger partial charge in [0.15, 0.2) is 0 Å². The van der Waals surface area contributed by atoms with E-state index < -0.39 is 11.9 Å². The van der Waals surface area contributed by atoms with Crippen LogP contribution in [0.1, 0.15) is 12.8 Å². The lowest BCUT2D eigenvalue weighted by Crippen LogP contribution is -2.39. The van der Waals surface area contributed by atoms with E-state index >= 15 is 0 Å². The second-order valence-corrected chi connectivity index (χ2v) is 3.58. The maximum atomic E-state index is 11.5. The van der Waals surface area contributed by atoms with Crippen LogP contribution in [0.5, 0.6) is 0 Å². The van der Waals surface area contributed by atoms with Crippen molar-refractivity contribution in [2.45, 2.75) is 12.8 Å². The second-order valence-electron chi connectivity index (χ2n) is 3.58. The lowest BCUT2D eigenvalue weighted by atomic mass is 10.1. The van der Waals surface area contributed by atoms with Crippen LogP contribution in [0.3, 0.4) is 0 Å². The SMILES string of the molecule is C=CCCNC(=O)N1CCC(C(=O)O)C1. The van der Waals surface area contributed by atoms with Gasteiger partial charge in [-0.3, -0.25) is 4.79 Å². The number of nitrogens with zero attached hydrogens (tertiary/aromatic N) is 1. The van der Waals surface area contributed by atoms with Crippen LogP contribution in [0.15, 0.2) is 12.7 Å². The Morgan fingerprint density at radius 3 is 2.87 bits per heavy atom. The zero-order valence-corrected chi connectivity index (χ0v) is 8.61. The van der Waals surface area contributed by atoms with E-state index in [1.54, 1.807) is 11.0 Å². The lowest BCUT2D eigenvalue weighted by molar-refractivity contribution is -0.141. The van der Waals surface area contributed by atoms with Crippen molar-refractivity contribution in [3.63, 3.8) is 0 Å². The van der Waals surface area contributed by atoms with Crippen molar-refractivity contribution < 1.29 is 14.7 Å². The molecule has 1 unspecified atom stereocenters. The first kappa shape index (κ1) is 11.6. The Bertz CT molecular complexity index is 265. The number of hydrogen-bond donors (Lipinski definition) is 2. The summed E-state index contributed by atoms with van der Waals surface area (Å²) < 4.78 is 0. The number of hydrogen-bond acceptors (Lipinski definition) is 2. The van der Waals surface area contributed by atoms with Crippen molar-refractivity contribution in [3.05, 3.63) is 12.7 Å². The number of carbonyl (C=O) groups is 2. The fourth-order valence-corrected chi connectivity index (χ4v) is 1.54. The van der Waals surface area contributed by atoms with E-state index in [1.807, 2.05) is 0 Å². The first-order valence-corrected chi connectivity index (χ1v) is 5.01. The topological polar surface area (TPSA) is 69.6 Å². The smallest absolute Gasteiger partial charge is 0.317 e. The molecule has 0 aromatic rings. The summed E-state index contributed by atoms with van der Waals surface area (Å²) in [4.78, 5) is 23.7. The van der Waals surface area contributed by atoms with Gasteiger partial charge in [0, 0.05) is 19.6 Å². The number of carboxylic acid groups (broad SMARTS) is 1. The molecule has 15 heavy (non-hydrogen) atoms. The zero-order chi connectivity index (χ0) is 11.3. The number of aliphatic carboxylic acids is 1. The molecule has 5 heteroatoms. The number of nitrogens with one attached hydrogen (secondary N) is 1. The molecule has 0 spiro atoms. The summed E-state index contributed by atoms with van der Waals surface area (Å²) in [5.74, 6) is -1.23. The average Bonchev–Trinajstić information content (AvgIpc) is 2.66. The number of amides is 2. The second kappa shape index (κ2) is 5.38. The molecule has 1 aliphatic heterocycles. The molecule has 0 aromatic heterocycles. The first-order chi connectivity index (χ1) is 7.15. The minimum Gasteiger partial charge on any atom is -0.481 e. The van der Waals surface area contributed by atoms with E-state index in [0.29, 0.717) is 26.1 Å². The van der Waals surface area contributed by atoms with Gasteiger partial charge >= 0.3 is 12.0 Å². The molecule has 1 heterocycles. The molecule has 1 rings (SSSR count). The van der Waals surface area contributed by atoms with E-state index in [9.17, 15) is 9.59 Å². The number of likely N-dealkylation sites (tertiary alicyclic amines) is 1. The van der Waals surface area contributed by atoms with Crippen molar-refractivity contribution in [2.24, 2.45) is 5.92 Å². The molecule has 5 nitrogen and oxygen atoms in total. The van der Waals surface area contributed by atoms with Crippen LogP contribution in [0.2, 0.25) is 0 Å². The summed E-state index contributed by atoms with van der Waals surface area (Å²) in [6.45, 7) is 4.94. The van der Waals surface area contributed by atoms with Gasteiger partial charge in [-0.05, 0) is 12.8 Å². The van der Waals surface area contributed by atoms with Gasteiger partial charge in [-0.2, -0.15) is 0 Å². The van der Waals surface area contributed by atoms with Crippen LogP contribution in [-0.2, 0) is 4.79 Å². The molecule has 1 atom stereocenters. The van der Waals surface area contributed by atoms with Crippen molar-refractivity contribution in [1.82, 2.24) is 10.2 Å². The van der Waals surface area contributed by atoms with Gasteiger partial charge in [0.25, 0.3) is 0 Å². The molecule has 0 aromatic carbocycles. The molecular formula is C10H16N2O3. The van der Waals surface area contributed by atoms with Crippen molar-refractivity contribution in [1.29, 1.82) is 0 Å². The summed E-state index contributed by atoms with van der Waals surface area (Å²) >= 11 is 0. The van der Waals surface area contributed by atoms with Crippen LogP contribution < -0.4 is 5.32 Å². The Morgan fingerprint density at radius 2 is 2.33 bits per heavy atom. The largest absolute Gasteiger partial charge is 0.481 e. The molecule has 1 saturated heterocycles. The van der Waals surface area contributed by atoms with Crippen LogP contribution in [0, 0.1) is 5.92 Å². The van der Waals surface area contributed by atoms with Gasteiger partial charge in [0.05, 0.1) is 5.92 Å². The monoisotopic (exact) mass is 212 g/mol. The molecule has 0 radical (unpaired) electrons. The van der Waals surface area contributed by atoms with E-state index in [4.69, 9.17) is 5.11 Å². The summed E-state index contributed by atoms with van der Waals surface area (Å²) in [5.41, 5.74) is 0. The summed E-state index contributed by atoms with van der Waals surface area (Å²) in [6.07, 6.45) is 3.00. The lowest BCUT2D eigenvalue weighted by Gasteiger charge is -2.16. The predicted molar refractivity (Wildman–Crippen MR) is 55.5 cm³/mol. The van der Waals surface area contributed by atoms with Gasteiger partial charge in [0.2, 0.25) is 0 Å². The molecule has 0 bridgehead atoms. The summed E-state index contributed by atoms with van der Waals surface area (Å²) in [5, 5.41) is 11.5. The zero-order valence-electron chi connectivity index (χ0n) is 8.61. The molecule has 2 N–H and O–H groups in total. The minimum absolute atomic E-state index is 0.180. The highest BCUT2D eigenvalue weighted by atomic mass is 16.4. The number of carbonyl (C=O) groups excluding carboxylic acids is 1. The molecule has 1 fully saturated rings. The molecule has 2 amide bonds. The van der Waals surface area contributed by atoms with E-state index in [1.165, 1.54) is 0 Å². The third-order valence-electron chi connectivity index (χ3n) is 2.45. The standard InChI is InChI=1S/C10H16N2O3/c1-2-3-5-11-10(15)12-6-4-8(7-12)9(13)14/h2,8H,1,3-7H2,(H,11,15)(H,13,14). The highest BCUT2D eigenvalue weighted by Crippen LogP contribution is 2.15. The highest BCUT2D eigenvalue weighted by Gasteiger charge is 2.30. The van der Waals surface area contributed by atoms with Gasteiger partial charge in [-0.1, -0.05) is 6.08 Å². The Morgan fingerprint density at radius 1 is 1.60 bits per heavy atom. The third kappa shape index (κ3) is 3.27. The van der Waals surface area contributed by atoms with E-state index in [2.05, 4.69) is 11.9 Å². The van der Waals surface area contributed by atoms with Crippen molar-refractivity contribution >= 4 is 12.0 Å². The average molecular weight is 212 g/mol. The van der Waals surface area contributed by atoms with Gasteiger partial charge < -0.3 is 15.3 Å². The Hall–Kier alpha value is -1.52. The maximum absolute atomic E-state index is 11.5. The summed E-state index contributed by atoms with van der Waals surface area (Å²) in [6, 6.07) is -0.180. The van der Waals surface area contributed by atoms with Crippen LogP contribution in [0.25, 0.3) is 0 Å². The summed E-state index contributed by atoms with van der Waals surface area (Å²) in [7, 11) is 0. The predicted octanol–water partition coefficient (Wildman–Crippen LogP) is 0.679. The van der Waals surface area contributed by atoms with Crippen LogP contribution in [-0.4, -0.2) is 41.6 Å². The molecule has 0 saturated carbocycles. The van der Waals surface area contributed by atoms with Crippen LogP contribution in [0.4, 0.5) is 4.79 Å². The maximum Gasteiger partial charge on any atom is 0.317 e. The molecule has 0 aliphatic carbocycles. The quantitative estimate of drug-likeness (QED) is 0.531. The highest BCUT2D eigenvalue weighted by molar-refractivity contribution is 5.77. The molecule has 1 aliphatic rings. The van der Waals surface area contributed by atoms with Crippen molar-refractivity contribution in [2.75, 3.05) is 19.6 Å². The number of carboxylic acids is 1. The van der Waals surface area contributed by atoms with Gasteiger partial charge in [-0.15, -0.1) is 6.58 Å². The normalized spacial score (nSPS) is 20.0. The van der Waals surface area contributed by atoms with Crippen LogP contribution >= 0.6 is 0 Å². The Labute approximate surface area is 88.8 Å². The van der Waals surface area contributed by atoms with E-state index in [0.717, 1.165) is 6.42 Å². The fourth-order valence-electron chi connectivity index (χ4n) is 1.54. The van der Waals surface area contributed by atoms with Gasteiger partial charge in [-0.25, -0.2) is 4.79 Å². The van der Waals surface area contributed by atoms with Crippen molar-refractivity contribution in [3.8, 4) is 0 Å². The van der Waals surface area contributed by atoms with E-state index in [-0.39, 0.29) is 6.03 Å². The number of urea groups is 1. The number of rotatable bonds is 4. The first-order valence-electron chi connectivity index (χ1n) is 5.01. The molecular weight excluding hydrogens is 196 g/mol. The third-order valence-corrected chi connectivity index (χ3v) is 2.45.